The summed E-state index contributed by atoms with van der Waals surface area (Å²) in [4.78, 5) is 11.5. The summed E-state index contributed by atoms with van der Waals surface area (Å²) in [5, 5.41) is 3.50. The molecule has 4 nitrogen and oxygen atoms in total. The fourth-order valence-electron chi connectivity index (χ4n) is 1.22. The summed E-state index contributed by atoms with van der Waals surface area (Å²) in [6, 6.07) is 0. The van der Waals surface area contributed by atoms with Gasteiger partial charge in [-0.2, -0.15) is 0 Å². The Kier molecular flexibility index (Phi) is 5.61. The van der Waals surface area contributed by atoms with Gasteiger partial charge in [0, 0.05) is 0 Å². The summed E-state index contributed by atoms with van der Waals surface area (Å²) in [5.41, 5.74) is 0. The lowest BCUT2D eigenvalue weighted by Crippen LogP contribution is -2.19. The minimum atomic E-state index is -3.55. The van der Waals surface area contributed by atoms with Crippen molar-refractivity contribution in [2.75, 3.05) is 12.4 Å². The van der Waals surface area contributed by atoms with Crippen LogP contribution in [0.4, 0.5) is 0 Å². The van der Waals surface area contributed by atoms with E-state index in [0.29, 0.717) is 10.7 Å². The van der Waals surface area contributed by atoms with E-state index in [0.717, 1.165) is 0 Å². The predicted octanol–water partition coefficient (Wildman–Crippen LogP) is 2.49. The molecule has 0 aromatic heterocycles. The third kappa shape index (κ3) is 3.79. The number of carbonyl (C=O) groups is 1. The lowest BCUT2D eigenvalue weighted by molar-refractivity contribution is -0.137. The molecule has 1 heterocycles. The van der Waals surface area contributed by atoms with Gasteiger partial charge in [0.1, 0.15) is 0 Å². The average Bonchev–Trinajstić information content (AvgIpc) is 2.70. The van der Waals surface area contributed by atoms with Crippen molar-refractivity contribution >= 4 is 39.3 Å². The number of hydrogen-bond donors (Lipinski definition) is 0. The largest absolute Gasteiger partial charge is 0.462 e. The first-order chi connectivity index (χ1) is 8.03. The molecular weight excluding hydrogens is 280 g/mol. The van der Waals surface area contributed by atoms with Gasteiger partial charge in [0.2, 0.25) is 0 Å². The molecule has 0 saturated heterocycles. The summed E-state index contributed by atoms with van der Waals surface area (Å²) in [5.74, 6) is -0.786. The van der Waals surface area contributed by atoms with E-state index in [1.807, 2.05) is 0 Å². The summed E-state index contributed by atoms with van der Waals surface area (Å²) in [6.07, 6.45) is 0.473. The Labute approximate surface area is 110 Å². The normalized spacial score (nSPS) is 15.1. The molecule has 0 atom stereocenters. The SMILES string of the molecule is CCCS(=O)(=O)C(C(=O)OCC)=C1SC=CS1. The van der Waals surface area contributed by atoms with Crippen LogP contribution in [0.25, 0.3) is 0 Å². The van der Waals surface area contributed by atoms with E-state index < -0.39 is 15.8 Å². The molecule has 0 N–H and O–H groups in total. The highest BCUT2D eigenvalue weighted by Crippen LogP contribution is 2.41. The lowest BCUT2D eigenvalue weighted by atomic mass is 10.6. The fourth-order valence-corrected chi connectivity index (χ4v) is 5.21. The van der Waals surface area contributed by atoms with Crippen LogP contribution >= 0.6 is 23.5 Å². The van der Waals surface area contributed by atoms with Crippen LogP contribution in [0.15, 0.2) is 20.0 Å². The van der Waals surface area contributed by atoms with Crippen molar-refractivity contribution in [3.63, 3.8) is 0 Å². The first kappa shape index (κ1) is 14.7. The molecule has 0 saturated carbocycles. The van der Waals surface area contributed by atoms with Crippen molar-refractivity contribution < 1.29 is 17.9 Å². The molecule has 1 rings (SSSR count). The van der Waals surface area contributed by atoms with Gasteiger partial charge in [-0.1, -0.05) is 30.4 Å². The van der Waals surface area contributed by atoms with Crippen molar-refractivity contribution in [3.05, 3.63) is 20.0 Å². The second kappa shape index (κ2) is 6.51. The molecule has 96 valence electrons. The Balaban J connectivity index is 3.12. The highest BCUT2D eigenvalue weighted by Gasteiger charge is 2.30. The predicted molar refractivity (Wildman–Crippen MR) is 72.1 cm³/mol. The van der Waals surface area contributed by atoms with Gasteiger partial charge >= 0.3 is 5.97 Å². The van der Waals surface area contributed by atoms with Gasteiger partial charge in [-0.3, -0.25) is 0 Å². The highest BCUT2D eigenvalue weighted by molar-refractivity contribution is 8.28. The minimum Gasteiger partial charge on any atom is -0.462 e. The van der Waals surface area contributed by atoms with Gasteiger partial charge in [0.05, 0.1) is 16.6 Å². The van der Waals surface area contributed by atoms with Crippen molar-refractivity contribution in [2.45, 2.75) is 20.3 Å². The second-order valence-corrected chi connectivity index (χ2v) is 7.30. The number of esters is 1. The molecule has 0 fully saturated rings. The minimum absolute atomic E-state index is 0.0359. The summed E-state index contributed by atoms with van der Waals surface area (Å²) < 4.78 is 29.3. The molecule has 1 aliphatic rings. The quantitative estimate of drug-likeness (QED) is 0.573. The molecule has 0 radical (unpaired) electrons. The highest BCUT2D eigenvalue weighted by atomic mass is 32.2. The Morgan fingerprint density at radius 2 is 1.88 bits per heavy atom. The van der Waals surface area contributed by atoms with E-state index in [1.54, 1.807) is 24.7 Å². The van der Waals surface area contributed by atoms with Gasteiger partial charge in [-0.15, -0.1) is 0 Å². The van der Waals surface area contributed by atoms with Crippen LogP contribution in [-0.2, 0) is 19.4 Å². The number of carbonyl (C=O) groups excluding carboxylic acids is 1. The van der Waals surface area contributed by atoms with Gasteiger partial charge in [-0.25, -0.2) is 13.2 Å². The number of ether oxygens (including phenoxy) is 1. The number of hydrogen-bond acceptors (Lipinski definition) is 6. The van der Waals surface area contributed by atoms with Crippen LogP contribution < -0.4 is 0 Å². The third-order valence-corrected chi connectivity index (χ3v) is 6.16. The molecule has 0 aromatic rings. The molecule has 7 heteroatoms. The first-order valence-corrected chi connectivity index (χ1v) is 8.56. The fraction of sp³-hybridized carbons (Fsp3) is 0.500. The molecule has 0 aromatic carbocycles. The Morgan fingerprint density at radius 1 is 1.29 bits per heavy atom. The van der Waals surface area contributed by atoms with E-state index >= 15 is 0 Å². The maximum Gasteiger partial charge on any atom is 0.351 e. The lowest BCUT2D eigenvalue weighted by Gasteiger charge is -2.09. The molecule has 0 bridgehead atoms. The Bertz CT molecular complexity index is 438. The van der Waals surface area contributed by atoms with Gasteiger partial charge in [-0.05, 0) is 24.2 Å². The smallest absolute Gasteiger partial charge is 0.351 e. The molecule has 17 heavy (non-hydrogen) atoms. The zero-order valence-corrected chi connectivity index (χ0v) is 12.1. The monoisotopic (exact) mass is 294 g/mol. The topological polar surface area (TPSA) is 60.4 Å². The Hall–Kier alpha value is -0.400. The average molecular weight is 294 g/mol. The summed E-state index contributed by atoms with van der Waals surface area (Å²) in [6.45, 7) is 3.58. The first-order valence-electron chi connectivity index (χ1n) is 5.15. The van der Waals surface area contributed by atoms with Crippen molar-refractivity contribution in [1.29, 1.82) is 0 Å². The van der Waals surface area contributed by atoms with Gasteiger partial charge < -0.3 is 4.74 Å². The van der Waals surface area contributed by atoms with E-state index in [9.17, 15) is 13.2 Å². The van der Waals surface area contributed by atoms with Crippen molar-refractivity contribution in [2.24, 2.45) is 0 Å². The van der Waals surface area contributed by atoms with Gasteiger partial charge in [0.25, 0.3) is 0 Å². The molecule has 1 aliphatic heterocycles. The van der Waals surface area contributed by atoms with E-state index in [1.165, 1.54) is 23.5 Å². The summed E-state index contributed by atoms with van der Waals surface area (Å²) >= 11 is 2.48. The maximum atomic E-state index is 12.0. The Morgan fingerprint density at radius 3 is 2.35 bits per heavy atom. The van der Waals surface area contributed by atoms with Crippen LogP contribution in [0.3, 0.4) is 0 Å². The standard InChI is InChI=1S/C10H14O4S3/c1-3-7-17(12,13)8(9(11)14-4-2)10-15-5-6-16-10/h5-6H,3-4,7H2,1-2H3. The second-order valence-electron chi connectivity index (χ2n) is 3.16. The zero-order chi connectivity index (χ0) is 12.9. The van der Waals surface area contributed by atoms with Gasteiger partial charge in [0.15, 0.2) is 14.7 Å². The van der Waals surface area contributed by atoms with E-state index in [2.05, 4.69) is 0 Å². The van der Waals surface area contributed by atoms with Crippen LogP contribution in [0.1, 0.15) is 20.3 Å². The van der Waals surface area contributed by atoms with Crippen LogP contribution in [0, 0.1) is 0 Å². The van der Waals surface area contributed by atoms with E-state index in [-0.39, 0.29) is 17.3 Å². The third-order valence-electron chi connectivity index (χ3n) is 1.84. The van der Waals surface area contributed by atoms with Crippen LogP contribution in [0.5, 0.6) is 0 Å². The molecule has 0 aliphatic carbocycles. The van der Waals surface area contributed by atoms with Crippen molar-refractivity contribution in [3.8, 4) is 0 Å². The number of thioether (sulfide) groups is 2. The summed E-state index contributed by atoms with van der Waals surface area (Å²) in [7, 11) is -3.55. The van der Waals surface area contributed by atoms with Crippen molar-refractivity contribution in [1.82, 2.24) is 0 Å². The number of sulfone groups is 1. The molecular formula is C10H14O4S3. The maximum absolute atomic E-state index is 12.0. The van der Waals surface area contributed by atoms with E-state index in [4.69, 9.17) is 4.74 Å². The number of rotatable bonds is 5. The molecule has 0 amide bonds. The van der Waals surface area contributed by atoms with Crippen LogP contribution in [0.2, 0.25) is 0 Å². The molecule has 0 spiro atoms. The van der Waals surface area contributed by atoms with Crippen LogP contribution in [-0.4, -0.2) is 26.7 Å². The molecule has 0 unspecified atom stereocenters. The zero-order valence-electron chi connectivity index (χ0n) is 9.63.